The summed E-state index contributed by atoms with van der Waals surface area (Å²) < 4.78 is 0. The summed E-state index contributed by atoms with van der Waals surface area (Å²) in [7, 11) is 0. The number of amides is 4. The van der Waals surface area contributed by atoms with Gasteiger partial charge in [0.25, 0.3) is 5.91 Å². The van der Waals surface area contributed by atoms with Crippen LogP contribution in [-0.4, -0.2) is 40.9 Å². The van der Waals surface area contributed by atoms with Crippen molar-refractivity contribution in [2.75, 3.05) is 6.54 Å². The molecule has 2 N–H and O–H groups in total. The van der Waals surface area contributed by atoms with E-state index in [0.717, 1.165) is 11.3 Å². The number of nitrogens with one attached hydrogen (secondary N) is 2. The molecule has 0 radical (unpaired) electrons. The van der Waals surface area contributed by atoms with E-state index in [1.807, 2.05) is 20.8 Å². The highest BCUT2D eigenvalue weighted by atomic mass is 16.2. The molecule has 102 valence electrons. The lowest BCUT2D eigenvalue weighted by molar-refractivity contribution is -0.134. The molecule has 0 aromatic rings. The Labute approximate surface area is 107 Å². The van der Waals surface area contributed by atoms with Crippen molar-refractivity contribution >= 4 is 17.8 Å². The lowest BCUT2D eigenvalue weighted by atomic mass is 9.99. The largest absolute Gasteiger partial charge is 0.352 e. The zero-order chi connectivity index (χ0) is 13.9. The van der Waals surface area contributed by atoms with Crippen LogP contribution < -0.4 is 10.6 Å². The van der Waals surface area contributed by atoms with Gasteiger partial charge >= 0.3 is 6.03 Å². The summed E-state index contributed by atoms with van der Waals surface area (Å²) in [5.41, 5.74) is -0.881. The molecule has 0 aromatic heterocycles. The Bertz CT molecular complexity index is 370. The molecular formula is C12H21N3O3. The summed E-state index contributed by atoms with van der Waals surface area (Å²) in [6.07, 6.45) is 1.31. The van der Waals surface area contributed by atoms with E-state index in [4.69, 9.17) is 0 Å². The van der Waals surface area contributed by atoms with E-state index in [9.17, 15) is 14.4 Å². The second-order valence-electron chi connectivity index (χ2n) is 4.88. The van der Waals surface area contributed by atoms with Gasteiger partial charge in [-0.1, -0.05) is 13.8 Å². The maximum Gasteiger partial charge on any atom is 0.325 e. The molecule has 1 heterocycles. The van der Waals surface area contributed by atoms with Crippen LogP contribution in [0.3, 0.4) is 0 Å². The molecule has 1 aliphatic rings. The van der Waals surface area contributed by atoms with E-state index in [1.165, 1.54) is 0 Å². The lowest BCUT2D eigenvalue weighted by Gasteiger charge is -2.19. The summed E-state index contributed by atoms with van der Waals surface area (Å²) in [5, 5.41) is 5.34. The molecule has 0 spiro atoms. The molecule has 1 rings (SSSR count). The number of hydrogen-bond donors (Lipinski definition) is 2. The third kappa shape index (κ3) is 2.80. The van der Waals surface area contributed by atoms with Crippen molar-refractivity contribution < 1.29 is 14.4 Å². The normalized spacial score (nSPS) is 25.0. The summed E-state index contributed by atoms with van der Waals surface area (Å²) in [4.78, 5) is 36.3. The monoisotopic (exact) mass is 255 g/mol. The number of carbonyl (C=O) groups excluding carboxylic acids is 3. The maximum atomic E-state index is 12.0. The third-order valence-corrected chi connectivity index (χ3v) is 3.37. The predicted octanol–water partition coefficient (Wildman–Crippen LogP) is 0.622. The van der Waals surface area contributed by atoms with Crippen LogP contribution in [0.4, 0.5) is 4.79 Å². The average Bonchev–Trinajstić information content (AvgIpc) is 2.53. The molecule has 2 unspecified atom stereocenters. The molecule has 0 aliphatic carbocycles. The van der Waals surface area contributed by atoms with E-state index in [-0.39, 0.29) is 24.4 Å². The van der Waals surface area contributed by atoms with Crippen LogP contribution in [0.2, 0.25) is 0 Å². The van der Waals surface area contributed by atoms with Gasteiger partial charge in [0.1, 0.15) is 12.1 Å². The fourth-order valence-electron chi connectivity index (χ4n) is 1.70. The molecule has 2 atom stereocenters. The Balaban J connectivity index is 2.66. The first-order valence-electron chi connectivity index (χ1n) is 6.27. The van der Waals surface area contributed by atoms with Crippen molar-refractivity contribution in [3.8, 4) is 0 Å². The zero-order valence-corrected chi connectivity index (χ0v) is 11.4. The summed E-state index contributed by atoms with van der Waals surface area (Å²) in [5.74, 6) is -0.650. The second-order valence-corrected chi connectivity index (χ2v) is 4.88. The minimum Gasteiger partial charge on any atom is -0.352 e. The number of nitrogens with zero attached hydrogens (tertiary/aromatic N) is 1. The van der Waals surface area contributed by atoms with Crippen molar-refractivity contribution in [3.63, 3.8) is 0 Å². The van der Waals surface area contributed by atoms with Gasteiger partial charge in [0.2, 0.25) is 5.91 Å². The quantitative estimate of drug-likeness (QED) is 0.707. The van der Waals surface area contributed by atoms with Crippen LogP contribution in [0.25, 0.3) is 0 Å². The van der Waals surface area contributed by atoms with Crippen LogP contribution in [0, 0.1) is 0 Å². The standard InChI is InChI=1S/C12H21N3O3/c1-5-8(3)13-9(16)7-15-10(17)12(4,6-2)14-11(15)18/h8H,5-7H2,1-4H3,(H,13,16)(H,14,18). The van der Waals surface area contributed by atoms with Crippen molar-refractivity contribution in [1.82, 2.24) is 15.5 Å². The smallest absolute Gasteiger partial charge is 0.325 e. The Morgan fingerprint density at radius 2 is 2.06 bits per heavy atom. The molecule has 4 amide bonds. The molecule has 1 aliphatic heterocycles. The number of carbonyl (C=O) groups is 3. The number of rotatable bonds is 5. The minimum atomic E-state index is -0.881. The van der Waals surface area contributed by atoms with Crippen LogP contribution >= 0.6 is 0 Å². The molecule has 6 nitrogen and oxygen atoms in total. The van der Waals surface area contributed by atoms with Gasteiger partial charge in [-0.05, 0) is 26.7 Å². The molecule has 18 heavy (non-hydrogen) atoms. The van der Waals surface area contributed by atoms with Crippen molar-refractivity contribution in [1.29, 1.82) is 0 Å². The predicted molar refractivity (Wildman–Crippen MR) is 66.8 cm³/mol. The lowest BCUT2D eigenvalue weighted by Crippen LogP contribution is -2.45. The van der Waals surface area contributed by atoms with Crippen LogP contribution in [0.5, 0.6) is 0 Å². The Kier molecular flexibility index (Phi) is 4.32. The van der Waals surface area contributed by atoms with Gasteiger partial charge in [0, 0.05) is 6.04 Å². The molecule has 1 fully saturated rings. The first-order valence-corrected chi connectivity index (χ1v) is 6.27. The van der Waals surface area contributed by atoms with Gasteiger partial charge in [0.05, 0.1) is 0 Å². The summed E-state index contributed by atoms with van der Waals surface area (Å²) >= 11 is 0. The van der Waals surface area contributed by atoms with Gasteiger partial charge in [0.15, 0.2) is 0 Å². The van der Waals surface area contributed by atoms with Gasteiger partial charge in [-0.3, -0.25) is 14.5 Å². The highest BCUT2D eigenvalue weighted by Gasteiger charge is 2.46. The molecule has 6 heteroatoms. The molecule has 0 bridgehead atoms. The van der Waals surface area contributed by atoms with Gasteiger partial charge in [-0.15, -0.1) is 0 Å². The van der Waals surface area contributed by atoms with E-state index < -0.39 is 11.6 Å². The minimum absolute atomic E-state index is 0.0378. The summed E-state index contributed by atoms with van der Waals surface area (Å²) in [6, 6.07) is -0.459. The topological polar surface area (TPSA) is 78.5 Å². The first-order chi connectivity index (χ1) is 8.34. The Morgan fingerprint density at radius 3 is 2.50 bits per heavy atom. The SMILES string of the molecule is CCC(C)NC(=O)CN1C(=O)NC(C)(CC)C1=O. The fraction of sp³-hybridized carbons (Fsp3) is 0.750. The number of hydrogen-bond acceptors (Lipinski definition) is 3. The van der Waals surface area contributed by atoms with E-state index in [1.54, 1.807) is 6.92 Å². The highest BCUT2D eigenvalue weighted by Crippen LogP contribution is 2.20. The molecule has 0 aromatic carbocycles. The van der Waals surface area contributed by atoms with Crippen LogP contribution in [-0.2, 0) is 9.59 Å². The fourth-order valence-corrected chi connectivity index (χ4v) is 1.70. The maximum absolute atomic E-state index is 12.0. The first kappa shape index (κ1) is 14.5. The van der Waals surface area contributed by atoms with Crippen molar-refractivity contribution in [2.45, 2.75) is 52.1 Å². The van der Waals surface area contributed by atoms with Gasteiger partial charge in [-0.25, -0.2) is 4.79 Å². The van der Waals surface area contributed by atoms with Crippen molar-refractivity contribution in [3.05, 3.63) is 0 Å². The number of imide groups is 1. The van der Waals surface area contributed by atoms with E-state index in [2.05, 4.69) is 10.6 Å². The highest BCUT2D eigenvalue weighted by molar-refractivity contribution is 6.08. The Hall–Kier alpha value is -1.59. The Morgan fingerprint density at radius 1 is 1.44 bits per heavy atom. The molecule has 0 saturated carbocycles. The van der Waals surface area contributed by atoms with Crippen LogP contribution in [0.15, 0.2) is 0 Å². The third-order valence-electron chi connectivity index (χ3n) is 3.37. The van der Waals surface area contributed by atoms with E-state index in [0.29, 0.717) is 6.42 Å². The van der Waals surface area contributed by atoms with E-state index >= 15 is 0 Å². The summed E-state index contributed by atoms with van der Waals surface area (Å²) in [6.45, 7) is 7.10. The number of urea groups is 1. The molecular weight excluding hydrogens is 234 g/mol. The second kappa shape index (κ2) is 5.37. The van der Waals surface area contributed by atoms with Gasteiger partial charge in [-0.2, -0.15) is 0 Å². The molecule has 1 saturated heterocycles. The zero-order valence-electron chi connectivity index (χ0n) is 11.4. The van der Waals surface area contributed by atoms with Gasteiger partial charge < -0.3 is 10.6 Å². The van der Waals surface area contributed by atoms with Crippen molar-refractivity contribution in [2.24, 2.45) is 0 Å². The average molecular weight is 255 g/mol. The van der Waals surface area contributed by atoms with Crippen LogP contribution in [0.1, 0.15) is 40.5 Å².